The highest BCUT2D eigenvalue weighted by Crippen LogP contribution is 2.34. The van der Waals surface area contributed by atoms with Gasteiger partial charge in [0.25, 0.3) is 0 Å². The number of hydrogen-bond acceptors (Lipinski definition) is 12. The number of methoxy groups -OCH3 is 2. The van der Waals surface area contributed by atoms with Gasteiger partial charge in [0.15, 0.2) is 11.5 Å². The topological polar surface area (TPSA) is 187 Å². The molecule has 3 aromatic carbocycles. The largest absolute Gasteiger partial charge is 0.496 e. The van der Waals surface area contributed by atoms with Gasteiger partial charge < -0.3 is 39.3 Å². The quantitative estimate of drug-likeness (QED) is 0.174. The molecule has 0 fully saturated rings. The van der Waals surface area contributed by atoms with Crippen LogP contribution in [0.5, 0.6) is 23.0 Å². The molecule has 0 bridgehead atoms. The van der Waals surface area contributed by atoms with Crippen molar-refractivity contribution in [3.05, 3.63) is 83.4 Å². The lowest BCUT2D eigenvalue weighted by molar-refractivity contribution is -0.149. The summed E-state index contributed by atoms with van der Waals surface area (Å²) in [6.45, 7) is 5.21. The van der Waals surface area contributed by atoms with Gasteiger partial charge in [-0.05, 0) is 76.1 Å². The summed E-state index contributed by atoms with van der Waals surface area (Å²) in [5.74, 6) is -4.15. The molecular weight excluding hydrogens is 626 g/mol. The summed E-state index contributed by atoms with van der Waals surface area (Å²) in [6.07, 6.45) is -0.127. The van der Waals surface area contributed by atoms with E-state index in [-0.39, 0.29) is 42.3 Å². The second-order valence-electron chi connectivity index (χ2n) is 12.0. The highest BCUT2D eigenvalue weighted by atomic mass is 16.6. The number of carbonyl (C=O) groups excluding carboxylic acids is 4. The third kappa shape index (κ3) is 9.55. The zero-order chi connectivity index (χ0) is 35.6. The van der Waals surface area contributed by atoms with Crippen LogP contribution in [0.4, 0.5) is 0 Å². The predicted octanol–water partition coefficient (Wildman–Crippen LogP) is 4.24. The molecule has 0 aliphatic carbocycles. The first-order valence-electron chi connectivity index (χ1n) is 14.8. The van der Waals surface area contributed by atoms with Crippen molar-refractivity contribution in [2.24, 2.45) is 16.6 Å². The van der Waals surface area contributed by atoms with Gasteiger partial charge in [0.1, 0.15) is 41.9 Å². The van der Waals surface area contributed by atoms with Crippen molar-refractivity contribution >= 4 is 29.8 Å². The highest BCUT2D eigenvalue weighted by Gasteiger charge is 2.36. The summed E-state index contributed by atoms with van der Waals surface area (Å²) in [7, 11) is 2.82. The van der Waals surface area contributed by atoms with Crippen LogP contribution in [0.15, 0.2) is 66.7 Å². The van der Waals surface area contributed by atoms with Gasteiger partial charge in [-0.15, -0.1) is 0 Å². The minimum atomic E-state index is -1.39. The SMILES string of the molecule is COc1ccccc1C(=O)OCC(C)(C)C(=O)Oc1ccc(C[C@H](N)C(=O)O)cc1OC(=O)C(C)(C)COC(=O)c1ccccc1OC. The molecule has 0 heterocycles. The second kappa shape index (κ2) is 15.9. The minimum absolute atomic E-state index is 0.127. The lowest BCUT2D eigenvalue weighted by Gasteiger charge is -2.25. The number of esters is 4. The number of rotatable bonds is 15. The Labute approximate surface area is 277 Å². The number of carbonyl (C=O) groups is 5. The monoisotopic (exact) mass is 665 g/mol. The Morgan fingerprint density at radius 3 is 1.54 bits per heavy atom. The van der Waals surface area contributed by atoms with E-state index in [0.29, 0.717) is 17.1 Å². The molecule has 3 N–H and O–H groups in total. The van der Waals surface area contributed by atoms with Crippen molar-refractivity contribution in [2.75, 3.05) is 27.4 Å². The summed E-state index contributed by atoms with van der Waals surface area (Å²) < 4.78 is 32.4. The first-order chi connectivity index (χ1) is 22.6. The average Bonchev–Trinajstić information content (AvgIpc) is 3.06. The highest BCUT2D eigenvalue weighted by molar-refractivity contribution is 5.93. The first-order valence-corrected chi connectivity index (χ1v) is 14.8. The minimum Gasteiger partial charge on any atom is -0.496 e. The second-order valence-corrected chi connectivity index (χ2v) is 12.0. The van der Waals surface area contributed by atoms with E-state index >= 15 is 0 Å². The third-order valence-electron chi connectivity index (χ3n) is 7.07. The van der Waals surface area contributed by atoms with Crippen LogP contribution < -0.4 is 24.7 Å². The zero-order valence-corrected chi connectivity index (χ0v) is 27.6. The fraction of sp³-hybridized carbons (Fsp3) is 0.343. The Balaban J connectivity index is 1.79. The molecule has 13 heteroatoms. The standard InChI is InChI=1S/C35H39NO12/c1-34(2,19-45-30(39)22-11-7-9-13-25(22)43-5)32(41)47-27-16-15-21(17-24(36)29(37)38)18-28(27)48-33(42)35(3,4)20-46-31(40)23-12-8-10-14-26(23)44-6/h7-16,18,24H,17,19-20,36H2,1-6H3,(H,37,38)/t24-/m0/s1. The Hall–Kier alpha value is -5.43. The molecule has 0 unspecified atom stereocenters. The van der Waals surface area contributed by atoms with Crippen LogP contribution in [0.25, 0.3) is 0 Å². The van der Waals surface area contributed by atoms with Crippen molar-refractivity contribution in [3.8, 4) is 23.0 Å². The molecule has 256 valence electrons. The van der Waals surface area contributed by atoms with Crippen LogP contribution in [-0.2, 0) is 30.3 Å². The fourth-order valence-corrected chi connectivity index (χ4v) is 4.05. The van der Waals surface area contributed by atoms with Gasteiger partial charge in [-0.2, -0.15) is 0 Å². The van der Waals surface area contributed by atoms with Crippen LogP contribution in [0.1, 0.15) is 54.0 Å². The molecular formula is C35H39NO12. The van der Waals surface area contributed by atoms with E-state index in [1.165, 1.54) is 72.2 Å². The van der Waals surface area contributed by atoms with Gasteiger partial charge in [-0.25, -0.2) is 9.59 Å². The Bertz CT molecular complexity index is 1660. The van der Waals surface area contributed by atoms with Crippen molar-refractivity contribution in [3.63, 3.8) is 0 Å². The average molecular weight is 666 g/mol. The molecule has 0 spiro atoms. The number of para-hydroxylation sites is 2. The van der Waals surface area contributed by atoms with Crippen LogP contribution in [0.2, 0.25) is 0 Å². The van der Waals surface area contributed by atoms with Gasteiger partial charge >= 0.3 is 29.8 Å². The van der Waals surface area contributed by atoms with E-state index < -0.39 is 46.7 Å². The van der Waals surface area contributed by atoms with E-state index in [9.17, 15) is 29.1 Å². The number of benzene rings is 3. The van der Waals surface area contributed by atoms with Crippen molar-refractivity contribution in [1.29, 1.82) is 0 Å². The fourth-order valence-electron chi connectivity index (χ4n) is 4.05. The maximum Gasteiger partial charge on any atom is 0.341 e. The number of nitrogens with two attached hydrogens (primary N) is 1. The lowest BCUT2D eigenvalue weighted by Crippen LogP contribution is -2.36. The number of carboxylic acids is 1. The van der Waals surface area contributed by atoms with E-state index in [0.717, 1.165) is 0 Å². The Morgan fingerprint density at radius 1 is 0.667 bits per heavy atom. The normalized spacial score (nSPS) is 11.9. The summed E-state index contributed by atoms with van der Waals surface area (Å²) >= 11 is 0. The molecule has 1 atom stereocenters. The van der Waals surface area contributed by atoms with E-state index in [1.54, 1.807) is 36.4 Å². The molecule has 0 radical (unpaired) electrons. The molecule has 0 saturated heterocycles. The smallest absolute Gasteiger partial charge is 0.341 e. The van der Waals surface area contributed by atoms with Crippen LogP contribution in [-0.4, -0.2) is 68.4 Å². The molecule has 13 nitrogen and oxygen atoms in total. The number of hydrogen-bond donors (Lipinski definition) is 2. The maximum atomic E-state index is 13.4. The molecule has 3 rings (SSSR count). The van der Waals surface area contributed by atoms with Crippen molar-refractivity contribution in [1.82, 2.24) is 0 Å². The third-order valence-corrected chi connectivity index (χ3v) is 7.07. The predicted molar refractivity (Wildman–Crippen MR) is 171 cm³/mol. The van der Waals surface area contributed by atoms with Gasteiger partial charge in [0.05, 0.1) is 25.0 Å². The van der Waals surface area contributed by atoms with Crippen LogP contribution in [0, 0.1) is 10.8 Å². The molecule has 48 heavy (non-hydrogen) atoms. The van der Waals surface area contributed by atoms with E-state index in [4.69, 9.17) is 34.2 Å². The molecule has 3 aromatic rings. The number of carboxylic acid groups (broad SMARTS) is 1. The van der Waals surface area contributed by atoms with Crippen LogP contribution >= 0.6 is 0 Å². The van der Waals surface area contributed by atoms with E-state index in [2.05, 4.69) is 0 Å². The van der Waals surface area contributed by atoms with Gasteiger partial charge in [0.2, 0.25) is 0 Å². The van der Waals surface area contributed by atoms with Crippen molar-refractivity contribution in [2.45, 2.75) is 40.2 Å². The van der Waals surface area contributed by atoms with Gasteiger partial charge in [0, 0.05) is 0 Å². The summed E-state index contributed by atoms with van der Waals surface area (Å²) in [5.41, 5.74) is 3.65. The lowest BCUT2D eigenvalue weighted by atomic mass is 9.95. The maximum absolute atomic E-state index is 13.4. The van der Waals surface area contributed by atoms with Crippen LogP contribution in [0.3, 0.4) is 0 Å². The van der Waals surface area contributed by atoms with E-state index in [1.807, 2.05) is 0 Å². The number of aliphatic carboxylic acids is 1. The molecule has 0 amide bonds. The first kappa shape index (κ1) is 37.0. The molecule has 0 aromatic heterocycles. The summed E-state index contributed by atoms with van der Waals surface area (Å²) in [4.78, 5) is 63.5. The summed E-state index contributed by atoms with van der Waals surface area (Å²) in [6, 6.07) is 15.7. The zero-order valence-electron chi connectivity index (χ0n) is 27.6. The molecule has 0 aliphatic rings. The summed E-state index contributed by atoms with van der Waals surface area (Å²) in [5, 5.41) is 9.27. The Kier molecular flexibility index (Phi) is 12.3. The van der Waals surface area contributed by atoms with Crippen molar-refractivity contribution < 1.29 is 57.5 Å². The number of ether oxygens (including phenoxy) is 6. The Morgan fingerprint density at radius 2 is 1.10 bits per heavy atom. The molecule has 0 saturated carbocycles. The molecule has 0 aliphatic heterocycles. The van der Waals surface area contributed by atoms with Gasteiger partial charge in [-0.1, -0.05) is 30.3 Å². The van der Waals surface area contributed by atoms with Gasteiger partial charge in [-0.3, -0.25) is 14.4 Å².